The zero-order valence-electron chi connectivity index (χ0n) is 13.4. The summed E-state index contributed by atoms with van der Waals surface area (Å²) in [6.45, 7) is 2.64. The quantitative estimate of drug-likeness (QED) is 0.781. The molecule has 7 heteroatoms. The summed E-state index contributed by atoms with van der Waals surface area (Å²) in [5.74, 6) is 3.11. The van der Waals surface area contributed by atoms with Crippen molar-refractivity contribution in [2.45, 2.75) is 31.6 Å². The minimum absolute atomic E-state index is 0.438. The van der Waals surface area contributed by atoms with Crippen LogP contribution in [0, 0.1) is 5.92 Å². The van der Waals surface area contributed by atoms with E-state index in [1.54, 1.807) is 12.4 Å². The highest BCUT2D eigenvalue weighted by Crippen LogP contribution is 2.38. The van der Waals surface area contributed by atoms with E-state index in [4.69, 9.17) is 9.72 Å². The minimum atomic E-state index is 0.438. The van der Waals surface area contributed by atoms with Gasteiger partial charge in [0.05, 0.1) is 11.1 Å². The van der Waals surface area contributed by atoms with E-state index in [2.05, 4.69) is 35.8 Å². The first-order valence-electron chi connectivity index (χ1n) is 8.46. The average Bonchev–Trinajstić information content (AvgIpc) is 3.47. The molecule has 1 aliphatic heterocycles. The molecular formula is C17H20BrN5O. The molecule has 1 unspecified atom stereocenters. The molecule has 1 aliphatic carbocycles. The van der Waals surface area contributed by atoms with E-state index >= 15 is 0 Å². The van der Waals surface area contributed by atoms with Crippen molar-refractivity contribution in [1.29, 1.82) is 0 Å². The van der Waals surface area contributed by atoms with Crippen LogP contribution in [0.2, 0.25) is 0 Å². The van der Waals surface area contributed by atoms with Gasteiger partial charge in [-0.2, -0.15) is 0 Å². The molecule has 2 aromatic heterocycles. The molecule has 6 nitrogen and oxygen atoms in total. The molecule has 2 fully saturated rings. The zero-order chi connectivity index (χ0) is 16.4. The molecule has 2 aliphatic rings. The molecule has 0 N–H and O–H groups in total. The molecule has 4 rings (SSSR count). The summed E-state index contributed by atoms with van der Waals surface area (Å²) < 4.78 is 6.61. The molecule has 0 spiro atoms. The largest absolute Gasteiger partial charge is 0.463 e. The predicted octanol–water partition coefficient (Wildman–Crippen LogP) is 3.20. The lowest BCUT2D eigenvalue weighted by Gasteiger charge is -2.33. The molecule has 1 saturated heterocycles. The smallest absolute Gasteiger partial charge is 0.316 e. The number of nitrogens with zero attached hydrogens (tertiary/aromatic N) is 5. The Balaban J connectivity index is 1.36. The number of halogens is 1. The minimum Gasteiger partial charge on any atom is -0.463 e. The van der Waals surface area contributed by atoms with Crippen molar-refractivity contribution in [3.05, 3.63) is 35.0 Å². The highest BCUT2D eigenvalue weighted by atomic mass is 79.9. The van der Waals surface area contributed by atoms with Gasteiger partial charge in [-0.25, -0.2) is 19.9 Å². The number of anilines is 1. The van der Waals surface area contributed by atoms with Crippen LogP contribution < -0.4 is 9.64 Å². The standard InChI is InChI=1S/C17H20BrN5O/c18-14-8-20-17(21-9-14)24-11-12-2-1-7-23(10-12)15-5-6-19-16(22-15)13-3-4-13/h5-6,8-9,12-13H,1-4,7,10-11H2. The second-order valence-electron chi connectivity index (χ2n) is 6.50. The molecular weight excluding hydrogens is 370 g/mol. The predicted molar refractivity (Wildman–Crippen MR) is 94.2 cm³/mol. The fraction of sp³-hybridized carbons (Fsp3) is 0.529. The molecule has 0 bridgehead atoms. The topological polar surface area (TPSA) is 64.0 Å². The van der Waals surface area contributed by atoms with Crippen LogP contribution in [0.25, 0.3) is 0 Å². The molecule has 0 aromatic carbocycles. The van der Waals surface area contributed by atoms with Crippen molar-refractivity contribution in [3.63, 3.8) is 0 Å². The molecule has 24 heavy (non-hydrogen) atoms. The van der Waals surface area contributed by atoms with Crippen LogP contribution in [0.4, 0.5) is 5.82 Å². The Labute approximate surface area is 149 Å². The molecule has 2 aromatic rings. The number of ether oxygens (including phenoxy) is 1. The SMILES string of the molecule is Brc1cnc(OCC2CCCN(c3ccnc(C4CC4)n3)C2)nc1. The number of hydrogen-bond donors (Lipinski definition) is 0. The second-order valence-corrected chi connectivity index (χ2v) is 7.41. The van der Waals surface area contributed by atoms with Gasteiger partial charge in [0.25, 0.3) is 0 Å². The summed E-state index contributed by atoms with van der Waals surface area (Å²) >= 11 is 3.33. The van der Waals surface area contributed by atoms with Crippen LogP contribution in [0.1, 0.15) is 37.4 Å². The lowest BCUT2D eigenvalue weighted by molar-refractivity contribution is 0.213. The van der Waals surface area contributed by atoms with E-state index in [-0.39, 0.29) is 0 Å². The van der Waals surface area contributed by atoms with Crippen molar-refractivity contribution in [3.8, 4) is 6.01 Å². The first-order valence-corrected chi connectivity index (χ1v) is 9.25. The van der Waals surface area contributed by atoms with Gasteiger partial charge in [-0.3, -0.25) is 0 Å². The maximum Gasteiger partial charge on any atom is 0.316 e. The van der Waals surface area contributed by atoms with Crippen molar-refractivity contribution in [2.75, 3.05) is 24.6 Å². The third-order valence-electron chi connectivity index (χ3n) is 4.49. The Bertz CT molecular complexity index is 692. The summed E-state index contributed by atoms with van der Waals surface area (Å²) in [5.41, 5.74) is 0. The highest BCUT2D eigenvalue weighted by molar-refractivity contribution is 9.10. The van der Waals surface area contributed by atoms with Gasteiger partial charge in [0.2, 0.25) is 0 Å². The van der Waals surface area contributed by atoms with Crippen LogP contribution >= 0.6 is 15.9 Å². The molecule has 1 atom stereocenters. The lowest BCUT2D eigenvalue weighted by Crippen LogP contribution is -2.38. The zero-order valence-corrected chi connectivity index (χ0v) is 15.0. The van der Waals surface area contributed by atoms with E-state index < -0.39 is 0 Å². The van der Waals surface area contributed by atoms with Crippen molar-refractivity contribution >= 4 is 21.7 Å². The number of rotatable bonds is 5. The number of aromatic nitrogens is 4. The third-order valence-corrected chi connectivity index (χ3v) is 4.90. The van der Waals surface area contributed by atoms with Gasteiger partial charge in [0.1, 0.15) is 11.6 Å². The molecule has 3 heterocycles. The van der Waals surface area contributed by atoms with Crippen LogP contribution in [0.15, 0.2) is 29.1 Å². The van der Waals surface area contributed by atoms with Crippen molar-refractivity contribution in [1.82, 2.24) is 19.9 Å². The maximum atomic E-state index is 5.75. The van der Waals surface area contributed by atoms with Crippen LogP contribution in [0.3, 0.4) is 0 Å². The highest BCUT2D eigenvalue weighted by Gasteiger charge is 2.28. The van der Waals surface area contributed by atoms with Gasteiger partial charge in [0.15, 0.2) is 0 Å². The molecule has 0 amide bonds. The van der Waals surface area contributed by atoms with Crippen LogP contribution in [-0.2, 0) is 0 Å². The third kappa shape index (κ3) is 3.83. The summed E-state index contributed by atoms with van der Waals surface area (Å²) in [7, 11) is 0. The van der Waals surface area contributed by atoms with Crippen LogP contribution in [0.5, 0.6) is 6.01 Å². The van der Waals surface area contributed by atoms with E-state index in [1.807, 2.05) is 12.3 Å². The second kappa shape index (κ2) is 7.01. The van der Waals surface area contributed by atoms with E-state index in [0.717, 1.165) is 42.0 Å². The van der Waals surface area contributed by atoms with Gasteiger partial charge in [-0.15, -0.1) is 0 Å². The van der Waals surface area contributed by atoms with E-state index in [9.17, 15) is 0 Å². The van der Waals surface area contributed by atoms with Gasteiger partial charge in [-0.1, -0.05) is 0 Å². The summed E-state index contributed by atoms with van der Waals surface area (Å²) in [6.07, 6.45) is 10.1. The lowest BCUT2D eigenvalue weighted by atomic mass is 9.99. The van der Waals surface area contributed by atoms with E-state index in [0.29, 0.717) is 24.5 Å². The van der Waals surface area contributed by atoms with Crippen LogP contribution in [-0.4, -0.2) is 39.6 Å². The Kier molecular flexibility index (Phi) is 4.60. The molecule has 126 valence electrons. The Morgan fingerprint density at radius 2 is 2.00 bits per heavy atom. The normalized spacial score (nSPS) is 20.9. The maximum absolute atomic E-state index is 5.75. The van der Waals surface area contributed by atoms with Gasteiger partial charge < -0.3 is 9.64 Å². The number of piperidine rings is 1. The summed E-state index contributed by atoms with van der Waals surface area (Å²) in [6, 6.07) is 2.46. The molecule has 1 saturated carbocycles. The monoisotopic (exact) mass is 389 g/mol. The average molecular weight is 390 g/mol. The van der Waals surface area contributed by atoms with Gasteiger partial charge in [-0.05, 0) is 47.7 Å². The Hall–Kier alpha value is -1.76. The fourth-order valence-corrected chi connectivity index (χ4v) is 3.26. The summed E-state index contributed by atoms with van der Waals surface area (Å²) in [4.78, 5) is 19.9. The van der Waals surface area contributed by atoms with E-state index in [1.165, 1.54) is 12.8 Å². The van der Waals surface area contributed by atoms with Gasteiger partial charge in [0, 0.05) is 43.5 Å². The Morgan fingerprint density at radius 3 is 2.79 bits per heavy atom. The van der Waals surface area contributed by atoms with Crippen molar-refractivity contribution in [2.24, 2.45) is 5.92 Å². The number of hydrogen-bond acceptors (Lipinski definition) is 6. The Morgan fingerprint density at radius 1 is 1.17 bits per heavy atom. The van der Waals surface area contributed by atoms with Crippen molar-refractivity contribution < 1.29 is 4.74 Å². The summed E-state index contributed by atoms with van der Waals surface area (Å²) in [5, 5.41) is 0. The van der Waals surface area contributed by atoms with Gasteiger partial charge >= 0.3 is 6.01 Å². The fourth-order valence-electron chi connectivity index (χ4n) is 3.05. The first kappa shape index (κ1) is 15.7. The first-order chi connectivity index (χ1) is 11.8. The molecule has 0 radical (unpaired) electrons.